The first kappa shape index (κ1) is 21.5. The highest BCUT2D eigenvalue weighted by atomic mass is 79.9. The molecule has 2 aromatic heterocycles. The van der Waals surface area contributed by atoms with Crippen molar-refractivity contribution in [3.8, 4) is 0 Å². The number of amides is 1. The molecule has 1 aromatic carbocycles. The lowest BCUT2D eigenvalue weighted by molar-refractivity contribution is -0.142. The van der Waals surface area contributed by atoms with E-state index >= 15 is 0 Å². The largest absolute Gasteiger partial charge is 0.436 e. The molecule has 11 heteroatoms. The first-order valence-corrected chi connectivity index (χ1v) is 10.5. The minimum atomic E-state index is -4.61. The molecule has 0 spiro atoms. The topological polar surface area (TPSA) is 77.6 Å². The van der Waals surface area contributed by atoms with Crippen LogP contribution in [-0.4, -0.2) is 30.5 Å². The van der Waals surface area contributed by atoms with Crippen LogP contribution < -0.4 is 5.32 Å². The third-order valence-corrected chi connectivity index (χ3v) is 5.85. The SMILES string of the molecule is Cc1cccc(Cn2cnc(NC(=O)C(C)n3nc(C(F)(F)F)c(Br)c3C3CC3)n2)c1. The summed E-state index contributed by atoms with van der Waals surface area (Å²) in [5.41, 5.74) is 1.53. The second-order valence-corrected chi connectivity index (χ2v) is 8.48. The van der Waals surface area contributed by atoms with E-state index in [9.17, 15) is 18.0 Å². The maximum absolute atomic E-state index is 13.3. The van der Waals surface area contributed by atoms with Crippen molar-refractivity contribution in [1.29, 1.82) is 0 Å². The summed E-state index contributed by atoms with van der Waals surface area (Å²) in [6.07, 6.45) is -1.59. The van der Waals surface area contributed by atoms with E-state index in [0.29, 0.717) is 12.2 Å². The summed E-state index contributed by atoms with van der Waals surface area (Å²) in [5.74, 6) is -0.501. The smallest absolute Gasteiger partial charge is 0.291 e. The molecule has 164 valence electrons. The van der Waals surface area contributed by atoms with Crippen LogP contribution in [0.2, 0.25) is 0 Å². The van der Waals surface area contributed by atoms with E-state index in [2.05, 4.69) is 36.4 Å². The average molecular weight is 497 g/mol. The molecule has 7 nitrogen and oxygen atoms in total. The van der Waals surface area contributed by atoms with Crippen LogP contribution in [0.25, 0.3) is 0 Å². The number of hydrogen-bond donors (Lipinski definition) is 1. The first-order chi connectivity index (χ1) is 14.6. The lowest BCUT2D eigenvalue weighted by atomic mass is 10.1. The Balaban J connectivity index is 1.50. The molecule has 3 aromatic rings. The Morgan fingerprint density at radius 1 is 1.32 bits per heavy atom. The number of carbonyl (C=O) groups excluding carboxylic acids is 1. The predicted octanol–water partition coefficient (Wildman–Crippen LogP) is 4.69. The maximum atomic E-state index is 13.3. The van der Waals surface area contributed by atoms with Gasteiger partial charge in [0.05, 0.1) is 16.7 Å². The molecule has 0 aliphatic heterocycles. The molecule has 1 unspecified atom stereocenters. The molecule has 1 aliphatic rings. The molecule has 0 bridgehead atoms. The van der Waals surface area contributed by atoms with E-state index in [1.807, 2.05) is 31.2 Å². The highest BCUT2D eigenvalue weighted by Crippen LogP contribution is 2.47. The molecule has 31 heavy (non-hydrogen) atoms. The van der Waals surface area contributed by atoms with Crippen LogP contribution in [0.1, 0.15) is 54.2 Å². The number of nitrogens with zero attached hydrogens (tertiary/aromatic N) is 5. The van der Waals surface area contributed by atoms with E-state index in [0.717, 1.165) is 28.7 Å². The molecule has 1 aliphatic carbocycles. The monoisotopic (exact) mass is 496 g/mol. The van der Waals surface area contributed by atoms with Gasteiger partial charge in [0.15, 0.2) is 5.69 Å². The lowest BCUT2D eigenvalue weighted by Crippen LogP contribution is -2.26. The summed E-state index contributed by atoms with van der Waals surface area (Å²) < 4.78 is 42.6. The number of aromatic nitrogens is 5. The van der Waals surface area contributed by atoms with Crippen molar-refractivity contribution in [3.05, 3.63) is 57.6 Å². The number of hydrogen-bond acceptors (Lipinski definition) is 4. The normalized spacial score (nSPS) is 15.2. The van der Waals surface area contributed by atoms with Crippen molar-refractivity contribution in [3.63, 3.8) is 0 Å². The van der Waals surface area contributed by atoms with Gasteiger partial charge in [0, 0.05) is 5.92 Å². The number of rotatable bonds is 6. The third kappa shape index (κ3) is 4.65. The molecular formula is C20H20BrF3N6O. The van der Waals surface area contributed by atoms with E-state index in [1.165, 1.54) is 13.3 Å². The number of aryl methyl sites for hydroxylation is 1. The van der Waals surface area contributed by atoms with Crippen LogP contribution >= 0.6 is 15.9 Å². The number of benzene rings is 1. The summed E-state index contributed by atoms with van der Waals surface area (Å²) in [6, 6.07) is 6.95. The molecule has 4 rings (SSSR count). The van der Waals surface area contributed by atoms with E-state index in [1.54, 1.807) is 4.68 Å². The molecular weight excluding hydrogens is 477 g/mol. The van der Waals surface area contributed by atoms with Crippen LogP contribution in [-0.2, 0) is 17.5 Å². The number of anilines is 1. The van der Waals surface area contributed by atoms with Crippen molar-refractivity contribution in [2.24, 2.45) is 0 Å². The van der Waals surface area contributed by atoms with E-state index in [4.69, 9.17) is 0 Å². The van der Waals surface area contributed by atoms with Crippen molar-refractivity contribution in [2.45, 2.75) is 51.4 Å². The zero-order valence-corrected chi connectivity index (χ0v) is 18.4. The number of nitrogens with one attached hydrogen (secondary N) is 1. The van der Waals surface area contributed by atoms with Gasteiger partial charge in [-0.15, -0.1) is 5.10 Å². The van der Waals surface area contributed by atoms with Gasteiger partial charge in [-0.25, -0.2) is 9.67 Å². The summed E-state index contributed by atoms with van der Waals surface area (Å²) in [6.45, 7) is 3.98. The summed E-state index contributed by atoms with van der Waals surface area (Å²) in [4.78, 5) is 16.8. The third-order valence-electron chi connectivity index (χ3n) is 5.06. The predicted molar refractivity (Wildman–Crippen MR) is 111 cm³/mol. The van der Waals surface area contributed by atoms with Gasteiger partial charge in [-0.1, -0.05) is 29.8 Å². The van der Waals surface area contributed by atoms with Gasteiger partial charge in [-0.05, 0) is 48.2 Å². The molecule has 0 radical (unpaired) electrons. The molecule has 0 saturated heterocycles. The highest BCUT2D eigenvalue weighted by molar-refractivity contribution is 9.10. The molecule has 1 fully saturated rings. The standard InChI is InChI=1S/C20H20BrF3N6O/c1-11-4-3-5-13(8-11)9-29-10-25-19(28-29)26-18(31)12(2)30-16(14-6-7-14)15(21)17(27-30)20(22,23)24/h3-5,8,10,12,14H,6-7,9H2,1-2H3,(H,26,28,31). The highest BCUT2D eigenvalue weighted by Gasteiger charge is 2.43. The summed E-state index contributed by atoms with van der Waals surface area (Å²) in [7, 11) is 0. The van der Waals surface area contributed by atoms with Crippen LogP contribution in [0.5, 0.6) is 0 Å². The Kier molecular flexibility index (Phi) is 5.63. The van der Waals surface area contributed by atoms with Crippen LogP contribution in [0, 0.1) is 6.92 Å². The fourth-order valence-electron chi connectivity index (χ4n) is 3.38. The quantitative estimate of drug-likeness (QED) is 0.536. The Hall–Kier alpha value is -2.69. The average Bonchev–Trinajstić information content (AvgIpc) is 3.33. The molecule has 2 heterocycles. The Bertz CT molecular complexity index is 1120. The first-order valence-electron chi connectivity index (χ1n) is 9.74. The van der Waals surface area contributed by atoms with Gasteiger partial charge in [0.25, 0.3) is 5.91 Å². The Morgan fingerprint density at radius 3 is 2.71 bits per heavy atom. The van der Waals surface area contributed by atoms with Gasteiger partial charge in [-0.3, -0.25) is 14.8 Å². The van der Waals surface area contributed by atoms with Gasteiger partial charge >= 0.3 is 6.18 Å². The Morgan fingerprint density at radius 2 is 2.06 bits per heavy atom. The minimum Gasteiger partial charge on any atom is -0.291 e. The second kappa shape index (κ2) is 8.10. The van der Waals surface area contributed by atoms with Crippen molar-refractivity contribution >= 4 is 27.8 Å². The lowest BCUT2D eigenvalue weighted by Gasteiger charge is -2.14. The van der Waals surface area contributed by atoms with Crippen LogP contribution in [0.15, 0.2) is 35.1 Å². The zero-order chi connectivity index (χ0) is 22.3. The Labute approximate surface area is 184 Å². The van der Waals surface area contributed by atoms with Crippen molar-refractivity contribution in [2.75, 3.05) is 5.32 Å². The number of halogens is 4. The number of alkyl halides is 3. The van der Waals surface area contributed by atoms with Gasteiger partial charge in [0.1, 0.15) is 12.4 Å². The maximum Gasteiger partial charge on any atom is 0.436 e. The fraction of sp³-hybridized carbons (Fsp3) is 0.400. The molecule has 1 atom stereocenters. The van der Waals surface area contributed by atoms with Crippen LogP contribution in [0.3, 0.4) is 0 Å². The molecule has 1 amide bonds. The van der Waals surface area contributed by atoms with Gasteiger partial charge < -0.3 is 0 Å². The summed E-state index contributed by atoms with van der Waals surface area (Å²) >= 11 is 3.04. The molecule has 1 saturated carbocycles. The van der Waals surface area contributed by atoms with E-state index in [-0.39, 0.29) is 16.3 Å². The second-order valence-electron chi connectivity index (χ2n) is 7.68. The van der Waals surface area contributed by atoms with Crippen molar-refractivity contribution in [1.82, 2.24) is 24.5 Å². The summed E-state index contributed by atoms with van der Waals surface area (Å²) in [5, 5.41) is 10.5. The van der Waals surface area contributed by atoms with Crippen LogP contribution in [0.4, 0.5) is 19.1 Å². The van der Waals surface area contributed by atoms with Crippen molar-refractivity contribution < 1.29 is 18.0 Å². The minimum absolute atomic E-state index is 0.0418. The van der Waals surface area contributed by atoms with Gasteiger partial charge in [0.2, 0.25) is 5.95 Å². The molecule has 1 N–H and O–H groups in total. The zero-order valence-electron chi connectivity index (χ0n) is 16.8. The van der Waals surface area contributed by atoms with E-state index < -0.39 is 23.8 Å². The van der Waals surface area contributed by atoms with Gasteiger partial charge in [-0.2, -0.15) is 18.3 Å². The fourth-order valence-corrected chi connectivity index (χ4v) is 4.19. The number of carbonyl (C=O) groups is 1.